The Morgan fingerprint density at radius 2 is 1.79 bits per heavy atom. The van der Waals surface area contributed by atoms with E-state index in [1.54, 1.807) is 22.8 Å². The molecule has 0 radical (unpaired) electrons. The van der Waals surface area contributed by atoms with Crippen LogP contribution in [0.3, 0.4) is 0 Å². The summed E-state index contributed by atoms with van der Waals surface area (Å²) < 4.78 is 25.6. The van der Waals surface area contributed by atoms with E-state index in [2.05, 4.69) is 0 Å². The summed E-state index contributed by atoms with van der Waals surface area (Å²) in [4.78, 5) is 11.9. The molecular formula is C19H20FNO3. The molecular weight excluding hydrogens is 309 g/mol. The monoisotopic (exact) mass is 329 g/mol. The van der Waals surface area contributed by atoms with E-state index in [1.165, 1.54) is 13.8 Å². The van der Waals surface area contributed by atoms with Gasteiger partial charge in [-0.05, 0) is 41.8 Å². The van der Waals surface area contributed by atoms with Crippen LogP contribution >= 0.6 is 0 Å². The predicted molar refractivity (Wildman–Crippen MR) is 92.0 cm³/mol. The zero-order chi connectivity index (χ0) is 17.3. The Hall–Kier alpha value is -2.56. The minimum Gasteiger partial charge on any atom is -0.459 e. The Bertz CT molecular complexity index is 901. The van der Waals surface area contributed by atoms with Crippen LogP contribution in [0.2, 0.25) is 0 Å². The van der Waals surface area contributed by atoms with E-state index in [-0.39, 0.29) is 5.76 Å². The molecule has 2 aromatic carbocycles. The van der Waals surface area contributed by atoms with Gasteiger partial charge in [0.1, 0.15) is 5.75 Å². The van der Waals surface area contributed by atoms with E-state index in [4.69, 9.17) is 9.15 Å². The third kappa shape index (κ3) is 3.35. The number of ether oxygens (including phenoxy) is 1. The summed E-state index contributed by atoms with van der Waals surface area (Å²) in [6.45, 7) is 5.36. The fourth-order valence-electron chi connectivity index (χ4n) is 2.67. The molecule has 1 aromatic heterocycles. The first-order chi connectivity index (χ1) is 11.4. The first kappa shape index (κ1) is 16.3. The topological polar surface area (TPSA) is 44.4 Å². The van der Waals surface area contributed by atoms with Gasteiger partial charge in [-0.2, -0.15) is 4.39 Å². The fourth-order valence-corrected chi connectivity index (χ4v) is 2.67. The molecule has 3 aromatic rings. The van der Waals surface area contributed by atoms with Gasteiger partial charge in [-0.3, -0.25) is 4.57 Å². The molecule has 0 amide bonds. The van der Waals surface area contributed by atoms with Crippen LogP contribution in [0.5, 0.6) is 5.75 Å². The van der Waals surface area contributed by atoms with Gasteiger partial charge in [0.2, 0.25) is 5.85 Å². The lowest BCUT2D eigenvalue weighted by Crippen LogP contribution is -2.20. The number of hydrogen-bond donors (Lipinski definition) is 0. The van der Waals surface area contributed by atoms with Gasteiger partial charge in [0.15, 0.2) is 5.58 Å². The highest BCUT2D eigenvalue weighted by Crippen LogP contribution is 2.27. The number of nitrogens with zero attached hydrogens (tertiary/aromatic N) is 1. The van der Waals surface area contributed by atoms with Gasteiger partial charge < -0.3 is 9.15 Å². The minimum absolute atomic E-state index is 0.335. The molecule has 0 spiro atoms. The van der Waals surface area contributed by atoms with Crippen molar-refractivity contribution in [2.45, 2.75) is 39.6 Å². The summed E-state index contributed by atoms with van der Waals surface area (Å²) in [7, 11) is 0. The summed E-state index contributed by atoms with van der Waals surface area (Å²) in [5, 5.41) is 0. The second kappa shape index (κ2) is 6.15. The number of fused-ring (bicyclic) bond motifs is 1. The van der Waals surface area contributed by atoms with Gasteiger partial charge >= 0.3 is 5.76 Å². The van der Waals surface area contributed by atoms with Gasteiger partial charge in [-0.25, -0.2) is 4.79 Å². The van der Waals surface area contributed by atoms with Crippen molar-refractivity contribution in [1.29, 1.82) is 0 Å². The summed E-state index contributed by atoms with van der Waals surface area (Å²) in [6, 6.07) is 12.8. The van der Waals surface area contributed by atoms with E-state index >= 15 is 0 Å². The van der Waals surface area contributed by atoms with Crippen LogP contribution in [0.25, 0.3) is 22.2 Å². The van der Waals surface area contributed by atoms with Crippen LogP contribution in [-0.4, -0.2) is 10.4 Å². The van der Waals surface area contributed by atoms with Gasteiger partial charge in [0, 0.05) is 20.4 Å². The van der Waals surface area contributed by atoms with Crippen LogP contribution in [0, 0.1) is 0 Å². The van der Waals surface area contributed by atoms with E-state index < -0.39 is 5.85 Å². The van der Waals surface area contributed by atoms with Crippen molar-refractivity contribution in [3.8, 4) is 16.9 Å². The lowest BCUT2D eigenvalue weighted by molar-refractivity contribution is -0.0256. The molecule has 4 nitrogen and oxygen atoms in total. The average molecular weight is 329 g/mol. The van der Waals surface area contributed by atoms with Crippen molar-refractivity contribution in [3.05, 3.63) is 53.0 Å². The van der Waals surface area contributed by atoms with E-state index in [0.717, 1.165) is 23.1 Å². The fraction of sp³-hybridized carbons (Fsp3) is 0.316. The molecule has 0 bridgehead atoms. The Morgan fingerprint density at radius 1 is 1.12 bits per heavy atom. The maximum absolute atomic E-state index is 13.5. The highest BCUT2D eigenvalue weighted by molar-refractivity contribution is 5.80. The molecule has 0 aliphatic carbocycles. The molecule has 0 unspecified atom stereocenters. The third-order valence-electron chi connectivity index (χ3n) is 3.66. The normalized spacial score (nSPS) is 11.8. The Morgan fingerprint density at radius 3 is 2.42 bits per heavy atom. The molecule has 0 atom stereocenters. The Kier molecular flexibility index (Phi) is 4.18. The molecule has 0 fully saturated rings. The molecule has 3 rings (SSSR count). The molecule has 0 aliphatic heterocycles. The van der Waals surface area contributed by atoms with Gasteiger partial charge in [-0.1, -0.05) is 25.1 Å². The van der Waals surface area contributed by atoms with Gasteiger partial charge in [0.25, 0.3) is 0 Å². The van der Waals surface area contributed by atoms with Crippen molar-refractivity contribution in [2.24, 2.45) is 0 Å². The highest BCUT2D eigenvalue weighted by atomic mass is 19.2. The smallest absolute Gasteiger partial charge is 0.419 e. The summed E-state index contributed by atoms with van der Waals surface area (Å²) in [5.41, 5.74) is 3.28. The third-order valence-corrected chi connectivity index (χ3v) is 3.66. The highest BCUT2D eigenvalue weighted by Gasteiger charge is 2.17. The Balaban J connectivity index is 1.97. The molecule has 1 heterocycles. The predicted octanol–water partition coefficient (Wildman–Crippen LogP) is 4.76. The van der Waals surface area contributed by atoms with Crippen molar-refractivity contribution in [3.63, 3.8) is 0 Å². The molecule has 0 N–H and O–H groups in total. The van der Waals surface area contributed by atoms with Crippen LogP contribution in [0.15, 0.2) is 51.7 Å². The van der Waals surface area contributed by atoms with E-state index in [9.17, 15) is 9.18 Å². The van der Waals surface area contributed by atoms with E-state index in [0.29, 0.717) is 17.9 Å². The molecule has 126 valence electrons. The maximum atomic E-state index is 13.5. The SMILES string of the molecule is CCCn1c(=O)oc2ccc(-c3ccc(OC(C)(C)F)cc3)cc21. The zero-order valence-corrected chi connectivity index (χ0v) is 14.0. The number of oxazole rings is 1. The zero-order valence-electron chi connectivity index (χ0n) is 14.0. The number of aryl methyl sites for hydroxylation is 1. The first-order valence-corrected chi connectivity index (χ1v) is 7.99. The summed E-state index contributed by atoms with van der Waals surface area (Å²) in [6.07, 6.45) is 0.851. The molecule has 5 heteroatoms. The Labute approximate surface area is 139 Å². The van der Waals surface area contributed by atoms with Gasteiger partial charge in [0.05, 0.1) is 5.52 Å². The first-order valence-electron chi connectivity index (χ1n) is 7.99. The molecule has 0 aliphatic rings. The van der Waals surface area contributed by atoms with Crippen molar-refractivity contribution in [1.82, 2.24) is 4.57 Å². The largest absolute Gasteiger partial charge is 0.459 e. The van der Waals surface area contributed by atoms with Crippen molar-refractivity contribution < 1.29 is 13.5 Å². The molecule has 0 saturated carbocycles. The minimum atomic E-state index is -1.71. The van der Waals surface area contributed by atoms with Crippen molar-refractivity contribution in [2.75, 3.05) is 0 Å². The second-order valence-corrected chi connectivity index (χ2v) is 6.19. The van der Waals surface area contributed by atoms with Crippen LogP contribution in [0.4, 0.5) is 4.39 Å². The number of rotatable bonds is 5. The van der Waals surface area contributed by atoms with E-state index in [1.807, 2.05) is 31.2 Å². The van der Waals surface area contributed by atoms with Crippen LogP contribution < -0.4 is 10.5 Å². The lowest BCUT2D eigenvalue weighted by atomic mass is 10.1. The van der Waals surface area contributed by atoms with Crippen LogP contribution in [-0.2, 0) is 6.54 Å². The van der Waals surface area contributed by atoms with Gasteiger partial charge in [-0.15, -0.1) is 0 Å². The lowest BCUT2D eigenvalue weighted by Gasteiger charge is -2.17. The van der Waals surface area contributed by atoms with Crippen LogP contribution in [0.1, 0.15) is 27.2 Å². The second-order valence-electron chi connectivity index (χ2n) is 6.19. The number of aromatic nitrogens is 1. The quantitative estimate of drug-likeness (QED) is 0.678. The van der Waals surface area contributed by atoms with Crippen molar-refractivity contribution >= 4 is 11.1 Å². The standard InChI is InChI=1S/C19H20FNO3/c1-4-11-21-16-12-14(7-10-17(16)23-18(21)22)13-5-8-15(9-6-13)24-19(2,3)20/h5-10,12H,4,11H2,1-3H3. The number of halogens is 1. The number of hydrogen-bond acceptors (Lipinski definition) is 3. The average Bonchev–Trinajstić information content (AvgIpc) is 2.82. The summed E-state index contributed by atoms with van der Waals surface area (Å²) in [5.74, 6) is -1.58. The number of alkyl halides is 1. The number of benzene rings is 2. The molecule has 24 heavy (non-hydrogen) atoms. The molecule has 0 saturated heterocycles. The maximum Gasteiger partial charge on any atom is 0.419 e. The summed E-state index contributed by atoms with van der Waals surface area (Å²) >= 11 is 0.